The summed E-state index contributed by atoms with van der Waals surface area (Å²) in [4.78, 5) is 28.5. The Morgan fingerprint density at radius 1 is 1.08 bits per heavy atom. The van der Waals surface area contributed by atoms with Crippen LogP contribution in [-0.4, -0.2) is 61.9 Å². The number of amides is 1. The zero-order valence-electron chi connectivity index (χ0n) is 20.9. The van der Waals surface area contributed by atoms with Crippen molar-refractivity contribution in [2.24, 2.45) is 0 Å². The number of nitrogens with zero attached hydrogens (tertiary/aromatic N) is 5. The standard InChI is InChI=1S/C27H29N9O2/c37-25(30-18-6-5-17-16-29-34-21(17)13-18)20-14-22-23(15-24(20)35-9-11-38-12-10-35)32-26(31-22)33-27-28-7-8-36(27)19-3-1-2-4-19/h5-8,13-16,19H,1-4,9-12H2,(H,29,34)(H,30,37)(H2,28,31,32,33). The number of hydrogen-bond donors (Lipinski definition) is 4. The highest BCUT2D eigenvalue weighted by atomic mass is 16.5. The van der Waals surface area contributed by atoms with Crippen LogP contribution in [0.25, 0.3) is 21.9 Å². The number of morpholine rings is 1. The molecule has 0 atom stereocenters. The van der Waals surface area contributed by atoms with Gasteiger partial charge in [-0.1, -0.05) is 12.8 Å². The number of anilines is 4. The fraction of sp³-hybridized carbons (Fsp3) is 0.333. The maximum absolute atomic E-state index is 13.6. The zero-order valence-corrected chi connectivity index (χ0v) is 20.9. The Balaban J connectivity index is 1.22. The van der Waals surface area contributed by atoms with Crippen LogP contribution in [0, 0.1) is 0 Å². The number of benzene rings is 2. The second-order valence-electron chi connectivity index (χ2n) is 9.92. The van der Waals surface area contributed by atoms with Gasteiger partial charge in [-0.25, -0.2) is 9.97 Å². The molecule has 11 heteroatoms. The first-order valence-corrected chi connectivity index (χ1v) is 13.1. The number of rotatable bonds is 6. The van der Waals surface area contributed by atoms with Crippen LogP contribution in [0.2, 0.25) is 0 Å². The maximum Gasteiger partial charge on any atom is 0.257 e. The summed E-state index contributed by atoms with van der Waals surface area (Å²) in [5, 5.41) is 14.4. The van der Waals surface area contributed by atoms with Gasteiger partial charge in [0.05, 0.1) is 47.2 Å². The number of carbonyl (C=O) groups excluding carboxylic acids is 1. The van der Waals surface area contributed by atoms with Gasteiger partial charge in [-0.15, -0.1) is 0 Å². The molecule has 2 aromatic carbocycles. The summed E-state index contributed by atoms with van der Waals surface area (Å²) < 4.78 is 7.76. The van der Waals surface area contributed by atoms with Crippen LogP contribution in [-0.2, 0) is 4.74 Å². The molecule has 0 radical (unpaired) electrons. The quantitative estimate of drug-likeness (QED) is 0.263. The molecule has 1 amide bonds. The summed E-state index contributed by atoms with van der Waals surface area (Å²) in [5.41, 5.74) is 4.54. The number of aromatic amines is 2. The summed E-state index contributed by atoms with van der Waals surface area (Å²) in [6, 6.07) is 10.0. The third-order valence-corrected chi connectivity index (χ3v) is 7.51. The summed E-state index contributed by atoms with van der Waals surface area (Å²) >= 11 is 0. The van der Waals surface area contributed by atoms with E-state index in [4.69, 9.17) is 9.72 Å². The normalized spacial score (nSPS) is 16.5. The molecule has 7 rings (SSSR count). The van der Waals surface area contributed by atoms with E-state index in [-0.39, 0.29) is 5.91 Å². The molecule has 1 aliphatic heterocycles. The average Bonchev–Trinajstić information content (AvgIpc) is 3.75. The van der Waals surface area contributed by atoms with Gasteiger partial charge < -0.3 is 24.5 Å². The van der Waals surface area contributed by atoms with Crippen molar-refractivity contribution in [3.8, 4) is 0 Å². The van der Waals surface area contributed by atoms with E-state index in [1.807, 2.05) is 42.7 Å². The Bertz CT molecular complexity index is 1610. The van der Waals surface area contributed by atoms with E-state index in [0.717, 1.165) is 33.6 Å². The van der Waals surface area contributed by atoms with Crippen LogP contribution in [0.4, 0.5) is 23.3 Å². The molecule has 2 aliphatic rings. The van der Waals surface area contributed by atoms with E-state index < -0.39 is 0 Å². The van der Waals surface area contributed by atoms with Crippen LogP contribution < -0.4 is 15.5 Å². The highest BCUT2D eigenvalue weighted by Crippen LogP contribution is 2.33. The van der Waals surface area contributed by atoms with E-state index in [1.165, 1.54) is 25.7 Å². The minimum atomic E-state index is -0.187. The Labute approximate surface area is 218 Å². The second kappa shape index (κ2) is 9.49. The van der Waals surface area contributed by atoms with Gasteiger partial charge in [0.2, 0.25) is 11.9 Å². The summed E-state index contributed by atoms with van der Waals surface area (Å²) in [6.07, 6.45) is 10.4. The highest BCUT2D eigenvalue weighted by molar-refractivity contribution is 6.11. The number of hydrogen-bond acceptors (Lipinski definition) is 7. The van der Waals surface area contributed by atoms with Crippen LogP contribution in [0.3, 0.4) is 0 Å². The van der Waals surface area contributed by atoms with Crippen LogP contribution in [0.5, 0.6) is 0 Å². The van der Waals surface area contributed by atoms with Crippen LogP contribution >= 0.6 is 0 Å². The lowest BCUT2D eigenvalue weighted by atomic mass is 10.1. The average molecular weight is 512 g/mol. The van der Waals surface area contributed by atoms with E-state index in [2.05, 4.69) is 40.3 Å². The van der Waals surface area contributed by atoms with Gasteiger partial charge in [0, 0.05) is 42.6 Å². The number of H-pyrrole nitrogens is 2. The minimum Gasteiger partial charge on any atom is -0.378 e. The van der Waals surface area contributed by atoms with Crippen molar-refractivity contribution in [3.05, 3.63) is 54.5 Å². The lowest BCUT2D eigenvalue weighted by Crippen LogP contribution is -2.37. The molecule has 2 fully saturated rings. The van der Waals surface area contributed by atoms with E-state index >= 15 is 0 Å². The number of carbonyl (C=O) groups is 1. The molecule has 194 valence electrons. The van der Waals surface area contributed by atoms with Crippen molar-refractivity contribution in [2.75, 3.05) is 41.8 Å². The Morgan fingerprint density at radius 3 is 2.82 bits per heavy atom. The Kier molecular flexibility index (Phi) is 5.69. The molecule has 0 bridgehead atoms. The summed E-state index contributed by atoms with van der Waals surface area (Å²) in [7, 11) is 0. The largest absolute Gasteiger partial charge is 0.378 e. The molecule has 11 nitrogen and oxygen atoms in total. The topological polar surface area (TPSA) is 129 Å². The third kappa shape index (κ3) is 4.24. The number of nitrogens with one attached hydrogen (secondary N) is 4. The van der Waals surface area contributed by atoms with Crippen molar-refractivity contribution < 1.29 is 9.53 Å². The first-order valence-electron chi connectivity index (χ1n) is 13.1. The fourth-order valence-corrected chi connectivity index (χ4v) is 5.56. The Morgan fingerprint density at radius 2 is 1.95 bits per heavy atom. The van der Waals surface area contributed by atoms with Gasteiger partial charge in [0.1, 0.15) is 0 Å². The van der Waals surface area contributed by atoms with Gasteiger partial charge in [-0.2, -0.15) is 5.10 Å². The fourth-order valence-electron chi connectivity index (χ4n) is 5.56. The molecule has 4 N–H and O–H groups in total. The SMILES string of the molecule is O=C(Nc1ccc2cn[nH]c2c1)c1cc2[nH]c(Nc3nccn3C3CCCC3)nc2cc1N1CCOCC1. The van der Waals surface area contributed by atoms with E-state index in [1.54, 1.807) is 6.20 Å². The van der Waals surface area contributed by atoms with Gasteiger partial charge in [-0.3, -0.25) is 15.2 Å². The number of aromatic nitrogens is 6. The molecule has 5 aromatic rings. The third-order valence-electron chi connectivity index (χ3n) is 7.51. The van der Waals surface area contributed by atoms with Crippen molar-refractivity contribution >= 4 is 51.1 Å². The molecule has 0 spiro atoms. The van der Waals surface area contributed by atoms with Crippen LogP contribution in [0.15, 0.2) is 48.9 Å². The second-order valence-corrected chi connectivity index (χ2v) is 9.92. The smallest absolute Gasteiger partial charge is 0.257 e. The molecular formula is C27H29N9O2. The molecule has 3 aromatic heterocycles. The molecule has 38 heavy (non-hydrogen) atoms. The minimum absolute atomic E-state index is 0.187. The molecule has 1 aliphatic carbocycles. The van der Waals surface area contributed by atoms with Crippen molar-refractivity contribution in [1.82, 2.24) is 29.7 Å². The highest BCUT2D eigenvalue weighted by Gasteiger charge is 2.23. The maximum atomic E-state index is 13.6. The van der Waals surface area contributed by atoms with Crippen LogP contribution in [0.1, 0.15) is 42.1 Å². The summed E-state index contributed by atoms with van der Waals surface area (Å²) in [6.45, 7) is 2.65. The van der Waals surface area contributed by atoms with E-state index in [9.17, 15) is 4.79 Å². The number of imidazole rings is 2. The molecular weight excluding hydrogens is 482 g/mol. The molecule has 1 saturated heterocycles. The Hall–Kier alpha value is -4.38. The predicted octanol–water partition coefficient (Wildman–Crippen LogP) is 4.58. The lowest BCUT2D eigenvalue weighted by molar-refractivity contribution is 0.102. The lowest BCUT2D eigenvalue weighted by Gasteiger charge is -2.30. The predicted molar refractivity (Wildman–Crippen MR) is 146 cm³/mol. The van der Waals surface area contributed by atoms with Crippen molar-refractivity contribution in [3.63, 3.8) is 0 Å². The van der Waals surface area contributed by atoms with E-state index in [0.29, 0.717) is 49.5 Å². The monoisotopic (exact) mass is 511 g/mol. The molecule has 0 unspecified atom stereocenters. The first kappa shape index (κ1) is 22.8. The van der Waals surface area contributed by atoms with Gasteiger partial charge >= 0.3 is 0 Å². The van der Waals surface area contributed by atoms with Gasteiger partial charge in [0.25, 0.3) is 5.91 Å². The van der Waals surface area contributed by atoms with Gasteiger partial charge in [0.15, 0.2) is 0 Å². The number of fused-ring (bicyclic) bond motifs is 2. The van der Waals surface area contributed by atoms with Crippen molar-refractivity contribution in [2.45, 2.75) is 31.7 Å². The first-order chi connectivity index (χ1) is 18.7. The molecule has 4 heterocycles. The summed E-state index contributed by atoms with van der Waals surface area (Å²) in [5.74, 6) is 1.19. The molecule has 1 saturated carbocycles. The van der Waals surface area contributed by atoms with Crippen molar-refractivity contribution in [1.29, 1.82) is 0 Å². The van der Waals surface area contributed by atoms with Gasteiger partial charge in [-0.05, 0) is 43.2 Å². The zero-order chi connectivity index (χ0) is 25.5. The number of ether oxygens (including phenoxy) is 1.